The van der Waals surface area contributed by atoms with Crippen LogP contribution in [0, 0.1) is 0 Å². The van der Waals surface area contributed by atoms with Crippen molar-refractivity contribution in [3.8, 4) is 11.5 Å². The number of hydrogen-bond donors (Lipinski definition) is 1. The fraction of sp³-hybridized carbons (Fsp3) is 0.353. The second kappa shape index (κ2) is 8.87. The van der Waals surface area contributed by atoms with E-state index in [1.165, 1.54) is 26.0 Å². The summed E-state index contributed by atoms with van der Waals surface area (Å²) in [5.41, 5.74) is 1.83. The molecule has 134 valence electrons. The van der Waals surface area contributed by atoms with Gasteiger partial charge in [-0.15, -0.1) is 0 Å². The van der Waals surface area contributed by atoms with Crippen molar-refractivity contribution in [2.75, 3.05) is 20.8 Å². The average molecular weight is 381 g/mol. The lowest BCUT2D eigenvalue weighted by atomic mass is 10.0. The van der Waals surface area contributed by atoms with Crippen LogP contribution in [0.2, 0.25) is 0 Å². The van der Waals surface area contributed by atoms with E-state index in [0.717, 1.165) is 11.1 Å². The lowest BCUT2D eigenvalue weighted by Gasteiger charge is -2.14. The van der Waals surface area contributed by atoms with Gasteiger partial charge in [0.2, 0.25) is 0 Å². The fourth-order valence-electron chi connectivity index (χ4n) is 2.30. The maximum absolute atomic E-state index is 11.8. The number of hydrogen-bond acceptors (Lipinski definition) is 7. The van der Waals surface area contributed by atoms with Gasteiger partial charge < -0.3 is 19.5 Å². The van der Waals surface area contributed by atoms with Gasteiger partial charge in [-0.25, -0.2) is 4.79 Å². The van der Waals surface area contributed by atoms with Gasteiger partial charge in [-0.05, 0) is 31.4 Å². The molecule has 0 aromatic heterocycles. The first-order valence-electron chi connectivity index (χ1n) is 7.54. The van der Waals surface area contributed by atoms with Crippen molar-refractivity contribution >= 4 is 40.2 Å². The molecule has 0 unspecified atom stereocenters. The van der Waals surface area contributed by atoms with Crippen molar-refractivity contribution in [3.05, 3.63) is 34.2 Å². The number of ether oxygens (including phenoxy) is 3. The number of esters is 1. The maximum Gasteiger partial charge on any atom is 0.343 e. The summed E-state index contributed by atoms with van der Waals surface area (Å²) in [5.74, 6) is 0.427. The first-order valence-corrected chi connectivity index (χ1v) is 8.77. The second-order valence-corrected chi connectivity index (χ2v) is 6.95. The van der Waals surface area contributed by atoms with Crippen LogP contribution in [0.1, 0.15) is 18.9 Å². The van der Waals surface area contributed by atoms with E-state index in [2.05, 4.69) is 10.1 Å². The van der Waals surface area contributed by atoms with Gasteiger partial charge in [0, 0.05) is 0 Å². The topological polar surface area (TPSA) is 73.9 Å². The molecule has 0 aliphatic carbocycles. The molecular weight excluding hydrogens is 362 g/mol. The first-order chi connectivity index (χ1) is 12.0. The zero-order valence-electron chi connectivity index (χ0n) is 14.2. The minimum Gasteiger partial charge on any atom is -0.493 e. The van der Waals surface area contributed by atoms with Crippen LogP contribution in [0.4, 0.5) is 0 Å². The maximum atomic E-state index is 11.8. The number of aryl methyl sites for hydroxylation is 1. The Bertz CT molecular complexity index is 730. The number of allylic oxidation sites excluding steroid dienone is 1. The summed E-state index contributed by atoms with van der Waals surface area (Å²) in [6.07, 6.45) is 1.28. The van der Waals surface area contributed by atoms with E-state index < -0.39 is 5.97 Å². The van der Waals surface area contributed by atoms with Crippen molar-refractivity contribution in [2.45, 2.75) is 19.8 Å². The van der Waals surface area contributed by atoms with Crippen molar-refractivity contribution in [2.24, 2.45) is 0 Å². The molecule has 0 bridgehead atoms. The number of benzene rings is 1. The summed E-state index contributed by atoms with van der Waals surface area (Å²) in [4.78, 5) is 23.8. The molecule has 0 radical (unpaired) electrons. The van der Waals surface area contributed by atoms with Gasteiger partial charge in [0.05, 0.1) is 19.1 Å². The van der Waals surface area contributed by atoms with Crippen LogP contribution in [-0.4, -0.2) is 37.0 Å². The molecule has 1 fully saturated rings. The van der Waals surface area contributed by atoms with E-state index in [0.29, 0.717) is 33.6 Å². The number of carbonyl (C=O) groups is 2. The summed E-state index contributed by atoms with van der Waals surface area (Å²) in [6.45, 7) is 1.71. The largest absolute Gasteiger partial charge is 0.493 e. The highest BCUT2D eigenvalue weighted by atomic mass is 32.2. The molecule has 1 amide bonds. The summed E-state index contributed by atoms with van der Waals surface area (Å²) in [6, 6.07) is 5.52. The summed E-state index contributed by atoms with van der Waals surface area (Å²) < 4.78 is 16.0. The minimum atomic E-state index is -0.470. The van der Waals surface area contributed by atoms with Crippen molar-refractivity contribution in [3.63, 3.8) is 0 Å². The van der Waals surface area contributed by atoms with Crippen LogP contribution >= 0.6 is 24.0 Å². The van der Waals surface area contributed by atoms with Gasteiger partial charge in [-0.3, -0.25) is 4.79 Å². The lowest BCUT2D eigenvalue weighted by Crippen LogP contribution is -2.18. The first kappa shape index (κ1) is 19.3. The molecule has 1 N–H and O–H groups in total. The molecule has 0 spiro atoms. The number of methoxy groups -OCH3 is 2. The highest BCUT2D eigenvalue weighted by molar-refractivity contribution is 8.26. The number of nitrogens with one attached hydrogen (secondary N) is 1. The van der Waals surface area contributed by atoms with Crippen molar-refractivity contribution in [1.29, 1.82) is 0 Å². The molecule has 0 saturated carbocycles. The quantitative estimate of drug-likeness (QED) is 0.442. The molecule has 1 aromatic rings. The molecule has 1 aliphatic rings. The molecule has 1 aromatic carbocycles. The Morgan fingerprint density at radius 2 is 2.08 bits per heavy atom. The molecule has 2 rings (SSSR count). The Morgan fingerprint density at radius 3 is 2.68 bits per heavy atom. The molecule has 1 aliphatic heterocycles. The normalized spacial score (nSPS) is 15.6. The number of para-hydroxylation sites is 1. The predicted molar refractivity (Wildman–Crippen MR) is 99.9 cm³/mol. The molecule has 8 heteroatoms. The minimum absolute atomic E-state index is 0.152. The third-order valence-corrected chi connectivity index (χ3v) is 4.99. The van der Waals surface area contributed by atoms with Crippen molar-refractivity contribution in [1.82, 2.24) is 5.32 Å². The van der Waals surface area contributed by atoms with Gasteiger partial charge in [0.25, 0.3) is 5.91 Å². The van der Waals surface area contributed by atoms with Crippen LogP contribution in [0.15, 0.2) is 28.7 Å². The third-order valence-electron chi connectivity index (χ3n) is 3.62. The van der Waals surface area contributed by atoms with Crippen molar-refractivity contribution < 1.29 is 23.8 Å². The van der Waals surface area contributed by atoms with E-state index in [1.807, 2.05) is 19.1 Å². The average Bonchev–Trinajstić information content (AvgIpc) is 2.95. The zero-order valence-corrected chi connectivity index (χ0v) is 15.8. The Kier molecular flexibility index (Phi) is 6.83. The van der Waals surface area contributed by atoms with Crippen LogP contribution in [0.5, 0.6) is 11.5 Å². The van der Waals surface area contributed by atoms with E-state index in [4.69, 9.17) is 21.7 Å². The highest BCUT2D eigenvalue weighted by Gasteiger charge is 2.24. The van der Waals surface area contributed by atoms with Crippen LogP contribution < -0.4 is 14.8 Å². The smallest absolute Gasteiger partial charge is 0.343 e. The molecule has 1 heterocycles. The number of thiocarbonyl (C=S) groups is 1. The zero-order chi connectivity index (χ0) is 18.4. The van der Waals surface area contributed by atoms with E-state index in [9.17, 15) is 9.59 Å². The molecule has 25 heavy (non-hydrogen) atoms. The second-order valence-electron chi connectivity index (χ2n) is 5.27. The Labute approximate surface area is 155 Å². The number of amides is 1. The Balaban J connectivity index is 2.16. The van der Waals surface area contributed by atoms with E-state index >= 15 is 0 Å². The SMILES string of the molecule is COC(=O)COc1c(CCC(C)=C2SC(=S)NC2=O)cccc1OC. The fourth-order valence-corrected chi connectivity index (χ4v) is 3.40. The monoisotopic (exact) mass is 381 g/mol. The third kappa shape index (κ3) is 4.96. The van der Waals surface area contributed by atoms with Gasteiger partial charge in [-0.1, -0.05) is 41.7 Å². The molecular formula is C17H19NO5S2. The standard InChI is InChI=1S/C17H19NO5S2/c1-10(15-16(20)18-17(24)25-15)7-8-11-5-4-6-12(21-2)14(11)23-9-13(19)22-3/h4-6H,7-9H2,1-3H3,(H,18,20,24). The Hall–Kier alpha value is -2.06. The number of rotatable bonds is 7. The van der Waals surface area contributed by atoms with E-state index in [-0.39, 0.29) is 12.5 Å². The Morgan fingerprint density at radius 1 is 1.32 bits per heavy atom. The number of carbonyl (C=O) groups excluding carboxylic acids is 2. The van der Waals surface area contributed by atoms with Gasteiger partial charge >= 0.3 is 5.97 Å². The van der Waals surface area contributed by atoms with Gasteiger partial charge in [0.1, 0.15) is 4.32 Å². The summed E-state index contributed by atoms with van der Waals surface area (Å²) in [7, 11) is 2.84. The van der Waals surface area contributed by atoms with Crippen LogP contribution in [0.3, 0.4) is 0 Å². The lowest BCUT2D eigenvalue weighted by molar-refractivity contribution is -0.142. The van der Waals surface area contributed by atoms with Crippen LogP contribution in [-0.2, 0) is 20.7 Å². The number of thioether (sulfide) groups is 1. The van der Waals surface area contributed by atoms with Crippen LogP contribution in [0.25, 0.3) is 0 Å². The van der Waals surface area contributed by atoms with Gasteiger partial charge in [0.15, 0.2) is 18.1 Å². The molecule has 1 saturated heterocycles. The molecule has 6 nitrogen and oxygen atoms in total. The van der Waals surface area contributed by atoms with E-state index in [1.54, 1.807) is 6.07 Å². The summed E-state index contributed by atoms with van der Waals surface area (Å²) in [5, 5.41) is 2.62. The van der Waals surface area contributed by atoms with Gasteiger partial charge in [-0.2, -0.15) is 0 Å². The highest BCUT2D eigenvalue weighted by Crippen LogP contribution is 2.34. The predicted octanol–water partition coefficient (Wildman–Crippen LogP) is 2.60. The molecule has 0 atom stereocenters. The summed E-state index contributed by atoms with van der Waals surface area (Å²) >= 11 is 6.29.